The van der Waals surface area contributed by atoms with Crippen molar-refractivity contribution in [3.63, 3.8) is 0 Å². The van der Waals surface area contributed by atoms with E-state index < -0.39 is 17.9 Å². The van der Waals surface area contributed by atoms with Gasteiger partial charge in [-0.3, -0.25) is 9.59 Å². The van der Waals surface area contributed by atoms with Gasteiger partial charge in [-0.25, -0.2) is 0 Å². The number of carbonyl (C=O) groups excluding carboxylic acids is 2. The number of hydrogen-bond acceptors (Lipinski definition) is 5. The number of Topliss-reactive ketones (excluding diaryl/α,β-unsaturated/α-hetero) is 1. The van der Waals surface area contributed by atoms with E-state index >= 15 is 0 Å². The van der Waals surface area contributed by atoms with Crippen molar-refractivity contribution >= 4 is 55.3 Å². The average Bonchev–Trinajstić information content (AvgIpc) is 3.48. The monoisotopic (exact) mass is 494 g/mol. The first-order valence-electron chi connectivity index (χ1n) is 12.7. The number of benzene rings is 3. The minimum Gasteiger partial charge on any atom is -0.369 e. The summed E-state index contributed by atoms with van der Waals surface area (Å²) in [5, 5.41) is 20.8. The van der Waals surface area contributed by atoms with Gasteiger partial charge in [-0.2, -0.15) is 0 Å². The number of carbonyl (C=O) groups is 2. The molecule has 1 amide bonds. The van der Waals surface area contributed by atoms with Crippen molar-refractivity contribution < 1.29 is 19.4 Å². The van der Waals surface area contributed by atoms with Crippen molar-refractivity contribution in [3.8, 4) is 0 Å². The molecular weight excluding hydrogens is 468 g/mol. The fraction of sp³-hybridized carbons (Fsp3) is 0.310. The Bertz CT molecular complexity index is 1870. The average molecular weight is 495 g/mol. The van der Waals surface area contributed by atoms with Crippen molar-refractivity contribution in [1.82, 2.24) is 19.8 Å². The Morgan fingerprint density at radius 2 is 1.76 bits per heavy atom. The van der Waals surface area contributed by atoms with Crippen LogP contribution >= 0.6 is 0 Å². The molecule has 8 nitrogen and oxygen atoms in total. The quantitative estimate of drug-likeness (QED) is 0.344. The standard InChI is InChI=1S/C29H26N4O4/c1-13(34)24-16(30-3)12-19-32-17-10-6-4-8-14(17)20-22-23(28(36)31-27(22)35)21-15-9-5-7-11-18(15)33(26(21)25(20)32)29(24,2)37-19/h4-11,16,19,24,28,30,36H,12H2,1-3H3,(H,31,35)/t16-,19-,24-,28+,29+/m1/s1. The fourth-order valence-corrected chi connectivity index (χ4v) is 7.70. The zero-order valence-electron chi connectivity index (χ0n) is 20.7. The van der Waals surface area contributed by atoms with Crippen LogP contribution in [0.4, 0.5) is 0 Å². The summed E-state index contributed by atoms with van der Waals surface area (Å²) in [6.07, 6.45) is -0.895. The largest absolute Gasteiger partial charge is 0.369 e. The van der Waals surface area contributed by atoms with Gasteiger partial charge in [-0.05, 0) is 33.0 Å². The topological polar surface area (TPSA) is 97.5 Å². The summed E-state index contributed by atoms with van der Waals surface area (Å²) < 4.78 is 11.4. The highest BCUT2D eigenvalue weighted by Gasteiger charge is 2.54. The molecule has 5 aromatic rings. The number of nitrogens with one attached hydrogen (secondary N) is 2. The van der Waals surface area contributed by atoms with Crippen molar-refractivity contribution in [3.05, 3.63) is 59.7 Å². The van der Waals surface area contributed by atoms with Crippen LogP contribution in [-0.4, -0.2) is 39.0 Å². The number of aromatic nitrogens is 2. The van der Waals surface area contributed by atoms with Gasteiger partial charge in [-0.15, -0.1) is 0 Å². The summed E-state index contributed by atoms with van der Waals surface area (Å²) in [5.74, 6) is -0.674. The number of aliphatic hydroxyl groups is 1. The highest BCUT2D eigenvalue weighted by Crippen LogP contribution is 2.55. The van der Waals surface area contributed by atoms with Gasteiger partial charge < -0.3 is 29.6 Å². The van der Waals surface area contributed by atoms with E-state index in [0.29, 0.717) is 17.5 Å². The highest BCUT2D eigenvalue weighted by atomic mass is 16.5. The Morgan fingerprint density at radius 3 is 2.46 bits per heavy atom. The van der Waals surface area contributed by atoms with E-state index in [-0.39, 0.29) is 24.0 Å². The first-order valence-corrected chi connectivity index (χ1v) is 12.7. The first-order chi connectivity index (χ1) is 17.9. The summed E-state index contributed by atoms with van der Waals surface area (Å²) in [4.78, 5) is 26.7. The predicted octanol–water partition coefficient (Wildman–Crippen LogP) is 4.04. The normalized spacial score (nSPS) is 28.4. The van der Waals surface area contributed by atoms with E-state index in [9.17, 15) is 14.7 Å². The number of fused-ring (bicyclic) bond motifs is 13. The Hall–Kier alpha value is -3.72. The van der Waals surface area contributed by atoms with Gasteiger partial charge >= 0.3 is 0 Å². The predicted molar refractivity (Wildman–Crippen MR) is 140 cm³/mol. The molecule has 8 rings (SSSR count). The molecule has 8 heteroatoms. The molecule has 3 aliphatic rings. The summed E-state index contributed by atoms with van der Waals surface area (Å²) in [7, 11) is 1.90. The molecule has 2 bridgehead atoms. The second kappa shape index (κ2) is 6.77. The molecule has 0 unspecified atom stereocenters. The van der Waals surface area contributed by atoms with Crippen LogP contribution in [0.5, 0.6) is 0 Å². The van der Waals surface area contributed by atoms with Crippen molar-refractivity contribution in [2.45, 2.75) is 44.5 Å². The van der Waals surface area contributed by atoms with Crippen LogP contribution in [0.1, 0.15) is 48.6 Å². The number of rotatable bonds is 2. The van der Waals surface area contributed by atoms with Crippen molar-refractivity contribution in [2.75, 3.05) is 7.05 Å². The van der Waals surface area contributed by atoms with Gasteiger partial charge in [0, 0.05) is 39.6 Å². The third kappa shape index (κ3) is 2.31. The Balaban J connectivity index is 1.73. The fourth-order valence-electron chi connectivity index (χ4n) is 7.70. The van der Waals surface area contributed by atoms with Gasteiger partial charge in [-0.1, -0.05) is 36.4 Å². The van der Waals surface area contributed by atoms with Crippen molar-refractivity contribution in [1.29, 1.82) is 0 Å². The molecule has 1 fully saturated rings. The smallest absolute Gasteiger partial charge is 0.254 e. The molecule has 0 aliphatic carbocycles. The van der Waals surface area contributed by atoms with Crippen LogP contribution in [0.25, 0.3) is 43.6 Å². The maximum Gasteiger partial charge on any atom is 0.254 e. The molecule has 3 aliphatic heterocycles. The van der Waals surface area contributed by atoms with E-state index in [1.54, 1.807) is 6.92 Å². The van der Waals surface area contributed by atoms with Gasteiger partial charge in [0.1, 0.15) is 12.0 Å². The third-order valence-corrected chi connectivity index (χ3v) is 8.92. The molecule has 3 aromatic carbocycles. The lowest BCUT2D eigenvalue weighted by Crippen LogP contribution is -2.57. The molecule has 186 valence electrons. The molecule has 0 radical (unpaired) electrons. The Morgan fingerprint density at radius 1 is 1.08 bits per heavy atom. The van der Waals surface area contributed by atoms with Crippen LogP contribution in [0.15, 0.2) is 48.5 Å². The van der Waals surface area contributed by atoms with Crippen LogP contribution in [-0.2, 0) is 15.3 Å². The highest BCUT2D eigenvalue weighted by molar-refractivity contribution is 6.31. The maximum atomic E-state index is 13.4. The molecule has 1 saturated heterocycles. The van der Waals surface area contributed by atoms with Gasteiger partial charge in [0.15, 0.2) is 12.0 Å². The molecule has 5 atom stereocenters. The number of aliphatic hydroxyl groups excluding tert-OH is 1. The number of amides is 1. The molecule has 5 heterocycles. The van der Waals surface area contributed by atoms with E-state index in [4.69, 9.17) is 4.74 Å². The van der Waals surface area contributed by atoms with Crippen molar-refractivity contribution in [2.24, 2.45) is 5.92 Å². The molecule has 0 spiro atoms. The zero-order chi connectivity index (χ0) is 25.4. The Labute approximate surface area is 211 Å². The molecule has 37 heavy (non-hydrogen) atoms. The minimum atomic E-state index is -1.13. The summed E-state index contributed by atoms with van der Waals surface area (Å²) >= 11 is 0. The van der Waals surface area contributed by atoms with Crippen LogP contribution < -0.4 is 10.6 Å². The van der Waals surface area contributed by atoms with E-state index in [1.165, 1.54) is 0 Å². The minimum absolute atomic E-state index is 0.0527. The van der Waals surface area contributed by atoms with Gasteiger partial charge in [0.25, 0.3) is 5.91 Å². The lowest BCUT2D eigenvalue weighted by atomic mass is 9.81. The van der Waals surface area contributed by atoms with E-state index in [2.05, 4.69) is 25.8 Å². The lowest BCUT2D eigenvalue weighted by molar-refractivity contribution is -0.224. The third-order valence-electron chi connectivity index (χ3n) is 8.92. The summed E-state index contributed by atoms with van der Waals surface area (Å²) in [6.45, 7) is 3.65. The number of ether oxygens (including phenoxy) is 1. The zero-order valence-corrected chi connectivity index (χ0v) is 20.7. The van der Waals surface area contributed by atoms with Crippen LogP contribution in [0.2, 0.25) is 0 Å². The molecule has 0 saturated carbocycles. The first kappa shape index (κ1) is 21.4. The molecule has 3 N–H and O–H groups in total. The number of hydrogen-bond donors (Lipinski definition) is 3. The maximum absolute atomic E-state index is 13.4. The number of ketones is 1. The number of nitrogens with zero attached hydrogens (tertiary/aromatic N) is 2. The van der Waals surface area contributed by atoms with E-state index in [1.807, 2.05) is 56.4 Å². The lowest BCUT2D eigenvalue weighted by Gasteiger charge is -2.48. The second-order valence-electron chi connectivity index (χ2n) is 10.7. The summed E-state index contributed by atoms with van der Waals surface area (Å²) in [5.41, 5.74) is 3.76. The van der Waals surface area contributed by atoms with Crippen LogP contribution in [0.3, 0.4) is 0 Å². The SMILES string of the molecule is CN[C@@H]1C[C@H]2O[C@@](C)([C@@H]1C(C)=O)n1c3ccccc3c3c4c(c5c6ccccc6n2c5c31)C(=O)N[C@H]4O. The molecular formula is C29H26N4O4. The second-order valence-corrected chi connectivity index (χ2v) is 10.7. The van der Waals surface area contributed by atoms with Gasteiger partial charge in [0.05, 0.1) is 33.5 Å². The van der Waals surface area contributed by atoms with E-state index in [0.717, 1.165) is 43.6 Å². The Kier molecular flexibility index (Phi) is 3.91. The van der Waals surface area contributed by atoms with Crippen LogP contribution in [0, 0.1) is 5.92 Å². The number of para-hydroxylation sites is 2. The van der Waals surface area contributed by atoms with Gasteiger partial charge in [0.2, 0.25) is 0 Å². The molecule has 2 aromatic heterocycles. The summed E-state index contributed by atoms with van der Waals surface area (Å²) in [6, 6.07) is 15.9.